The fourth-order valence-electron chi connectivity index (χ4n) is 2.65. The first-order valence-electron chi connectivity index (χ1n) is 7.60. The van der Waals surface area contributed by atoms with Crippen molar-refractivity contribution in [3.05, 3.63) is 57.7 Å². The number of halogens is 2. The van der Waals surface area contributed by atoms with E-state index in [1.54, 1.807) is 38.1 Å². The number of hydrogen-bond donors (Lipinski definition) is 0. The van der Waals surface area contributed by atoms with Crippen molar-refractivity contribution in [3.8, 4) is 0 Å². The number of pyridine rings is 1. The molecule has 1 aromatic heterocycles. The Morgan fingerprint density at radius 2 is 1.65 bits per heavy atom. The fraction of sp³-hybridized carbons (Fsp3) is 0.222. The van der Waals surface area contributed by atoms with Gasteiger partial charge in [-0.2, -0.15) is 0 Å². The summed E-state index contributed by atoms with van der Waals surface area (Å²) in [7, 11) is -3.42. The van der Waals surface area contributed by atoms with Crippen LogP contribution in [0.3, 0.4) is 0 Å². The van der Waals surface area contributed by atoms with E-state index < -0.39 is 15.4 Å². The second-order valence-electron chi connectivity index (χ2n) is 6.46. The molecule has 0 bridgehead atoms. The zero-order chi connectivity index (χ0) is 19.3. The van der Waals surface area contributed by atoms with Gasteiger partial charge < -0.3 is 4.74 Å². The number of carbonyl (C=O) groups excluding carboxylic acids is 1. The number of hydrogen-bond acceptors (Lipinski definition) is 5. The van der Waals surface area contributed by atoms with Gasteiger partial charge in [0.1, 0.15) is 5.76 Å². The molecule has 0 fully saturated rings. The van der Waals surface area contributed by atoms with E-state index in [0.717, 1.165) is 6.26 Å². The highest BCUT2D eigenvalue weighted by molar-refractivity contribution is 7.90. The maximum absolute atomic E-state index is 12.9. The summed E-state index contributed by atoms with van der Waals surface area (Å²) in [6.07, 6.45) is 2.44. The molecule has 2 aromatic rings. The minimum atomic E-state index is -3.42. The van der Waals surface area contributed by atoms with Crippen LogP contribution in [-0.4, -0.2) is 31.0 Å². The van der Waals surface area contributed by atoms with Gasteiger partial charge in [0.15, 0.2) is 20.5 Å². The van der Waals surface area contributed by atoms with Crippen LogP contribution in [0.4, 0.5) is 0 Å². The van der Waals surface area contributed by atoms with Crippen LogP contribution in [0.25, 0.3) is 11.3 Å². The first-order valence-corrected chi connectivity index (χ1v) is 10.2. The summed E-state index contributed by atoms with van der Waals surface area (Å²) in [5.74, 6) is 0.0870. The topological polar surface area (TPSA) is 73.3 Å². The second kappa shape index (κ2) is 6.37. The molecule has 5 nitrogen and oxygen atoms in total. The highest BCUT2D eigenvalue weighted by Crippen LogP contribution is 2.42. The van der Waals surface area contributed by atoms with Gasteiger partial charge in [0.05, 0.1) is 5.57 Å². The van der Waals surface area contributed by atoms with Gasteiger partial charge in [-0.15, -0.1) is 0 Å². The molecular weight excluding hydrogens is 397 g/mol. The van der Waals surface area contributed by atoms with Crippen molar-refractivity contribution in [2.75, 3.05) is 6.26 Å². The summed E-state index contributed by atoms with van der Waals surface area (Å²) in [5, 5.41) is 0.725. The molecule has 0 saturated carbocycles. The number of sulfone groups is 1. The van der Waals surface area contributed by atoms with E-state index in [2.05, 4.69) is 4.98 Å². The van der Waals surface area contributed by atoms with Crippen molar-refractivity contribution in [1.82, 2.24) is 4.98 Å². The van der Waals surface area contributed by atoms with E-state index in [0.29, 0.717) is 32.5 Å². The Balaban J connectivity index is 2.20. The van der Waals surface area contributed by atoms with Crippen LogP contribution in [0.5, 0.6) is 0 Å². The normalized spacial score (nSPS) is 16.7. The molecule has 0 radical (unpaired) electrons. The molecule has 0 saturated heterocycles. The number of ether oxygens (including phenoxy) is 1. The highest BCUT2D eigenvalue weighted by Gasteiger charge is 2.43. The van der Waals surface area contributed by atoms with Crippen LogP contribution in [0.15, 0.2) is 41.6 Å². The molecule has 0 spiro atoms. The SMILES string of the molecule is CC1(C)OC(c2ccc(S(C)(=O)=O)nc2)=C(c2cc(Cl)cc(Cl)c2)C1=O. The number of rotatable bonds is 3. The largest absolute Gasteiger partial charge is 0.478 e. The monoisotopic (exact) mass is 411 g/mol. The van der Waals surface area contributed by atoms with Crippen LogP contribution >= 0.6 is 23.2 Å². The molecule has 136 valence electrons. The highest BCUT2D eigenvalue weighted by atomic mass is 35.5. The van der Waals surface area contributed by atoms with Gasteiger partial charge in [-0.25, -0.2) is 13.4 Å². The Morgan fingerprint density at radius 1 is 1.04 bits per heavy atom. The summed E-state index contributed by atoms with van der Waals surface area (Å²) < 4.78 is 29.1. The molecule has 0 atom stereocenters. The quantitative estimate of drug-likeness (QED) is 0.761. The van der Waals surface area contributed by atoms with Gasteiger partial charge >= 0.3 is 0 Å². The third-order valence-corrected chi connectivity index (χ3v) is 5.33. The maximum Gasteiger partial charge on any atom is 0.210 e. The molecule has 2 heterocycles. The number of nitrogens with zero attached hydrogens (tertiary/aromatic N) is 1. The van der Waals surface area contributed by atoms with Gasteiger partial charge in [0.2, 0.25) is 5.78 Å². The minimum Gasteiger partial charge on any atom is -0.478 e. The standard InChI is InChI=1S/C18H15Cl2NO4S/c1-18(2)17(22)15(11-6-12(19)8-13(20)7-11)16(25-18)10-4-5-14(21-9-10)26(3,23)24/h4-9H,1-3H3. The van der Waals surface area contributed by atoms with Crippen molar-refractivity contribution in [1.29, 1.82) is 0 Å². The van der Waals surface area contributed by atoms with Crippen molar-refractivity contribution in [2.24, 2.45) is 0 Å². The van der Waals surface area contributed by atoms with Gasteiger partial charge in [-0.3, -0.25) is 4.79 Å². The summed E-state index contributed by atoms with van der Waals surface area (Å²) in [6.45, 7) is 3.32. The smallest absolute Gasteiger partial charge is 0.210 e. The Hall–Kier alpha value is -1.89. The molecule has 0 N–H and O–H groups in total. The summed E-state index contributed by atoms with van der Waals surface area (Å²) in [6, 6.07) is 7.76. The molecule has 1 aliphatic rings. The lowest BCUT2D eigenvalue weighted by Gasteiger charge is -2.17. The van der Waals surface area contributed by atoms with E-state index in [9.17, 15) is 13.2 Å². The van der Waals surface area contributed by atoms with Gasteiger partial charge in [0, 0.05) is 28.1 Å². The number of carbonyl (C=O) groups is 1. The molecule has 26 heavy (non-hydrogen) atoms. The van der Waals surface area contributed by atoms with Crippen molar-refractivity contribution >= 4 is 50.2 Å². The maximum atomic E-state index is 12.9. The Bertz CT molecular complexity index is 1020. The van der Waals surface area contributed by atoms with Crippen LogP contribution in [-0.2, 0) is 19.4 Å². The lowest BCUT2D eigenvalue weighted by Crippen LogP contribution is -2.29. The number of benzene rings is 1. The van der Waals surface area contributed by atoms with Gasteiger partial charge in [-0.05, 0) is 49.7 Å². The van der Waals surface area contributed by atoms with E-state index in [4.69, 9.17) is 27.9 Å². The molecule has 0 amide bonds. The Morgan fingerprint density at radius 3 is 2.15 bits per heavy atom. The minimum absolute atomic E-state index is 0.0576. The zero-order valence-electron chi connectivity index (χ0n) is 14.2. The van der Waals surface area contributed by atoms with Crippen molar-refractivity contribution in [2.45, 2.75) is 24.5 Å². The summed E-state index contributed by atoms with van der Waals surface area (Å²) in [4.78, 5) is 16.8. The number of aromatic nitrogens is 1. The second-order valence-corrected chi connectivity index (χ2v) is 9.30. The molecule has 0 aliphatic carbocycles. The third-order valence-electron chi connectivity index (χ3n) is 3.89. The predicted molar refractivity (Wildman–Crippen MR) is 101 cm³/mol. The van der Waals surface area contributed by atoms with E-state index >= 15 is 0 Å². The molecule has 0 unspecified atom stereocenters. The van der Waals surface area contributed by atoms with Crippen LogP contribution in [0.2, 0.25) is 10.0 Å². The lowest BCUT2D eigenvalue weighted by molar-refractivity contribution is -0.125. The van der Waals surface area contributed by atoms with E-state index in [-0.39, 0.29) is 10.8 Å². The number of ketones is 1. The molecule has 1 aliphatic heterocycles. The first kappa shape index (κ1) is 18.9. The van der Waals surface area contributed by atoms with Crippen LogP contribution in [0, 0.1) is 0 Å². The fourth-order valence-corrected chi connectivity index (χ4v) is 3.74. The van der Waals surface area contributed by atoms with Gasteiger partial charge in [-0.1, -0.05) is 23.2 Å². The van der Waals surface area contributed by atoms with Crippen molar-refractivity contribution in [3.63, 3.8) is 0 Å². The average molecular weight is 412 g/mol. The average Bonchev–Trinajstić information content (AvgIpc) is 2.76. The van der Waals surface area contributed by atoms with E-state index in [1.165, 1.54) is 12.3 Å². The van der Waals surface area contributed by atoms with Gasteiger partial charge in [0.25, 0.3) is 0 Å². The Labute approximate surface area is 161 Å². The Kier molecular flexibility index (Phi) is 4.63. The summed E-state index contributed by atoms with van der Waals surface area (Å²) >= 11 is 12.1. The third kappa shape index (κ3) is 3.49. The molecule has 3 rings (SSSR count). The molecule has 8 heteroatoms. The van der Waals surface area contributed by atoms with Crippen LogP contribution < -0.4 is 0 Å². The first-order chi connectivity index (χ1) is 12.0. The lowest BCUT2D eigenvalue weighted by atomic mass is 9.93. The molecular formula is C18H15Cl2NO4S. The number of Topliss-reactive ketones (excluding diaryl/α,β-unsaturated/α-hetero) is 1. The van der Waals surface area contributed by atoms with Crippen molar-refractivity contribution < 1.29 is 17.9 Å². The van der Waals surface area contributed by atoms with Crippen LogP contribution in [0.1, 0.15) is 25.0 Å². The molecule has 1 aromatic carbocycles. The van der Waals surface area contributed by atoms with E-state index in [1.807, 2.05) is 0 Å². The zero-order valence-corrected chi connectivity index (χ0v) is 16.5. The predicted octanol–water partition coefficient (Wildman–Crippen LogP) is 4.04. The summed E-state index contributed by atoms with van der Waals surface area (Å²) in [5.41, 5.74) is 0.269.